The molecule has 0 aliphatic heterocycles. The van der Waals surface area contributed by atoms with Crippen molar-refractivity contribution in [3.63, 3.8) is 0 Å². The summed E-state index contributed by atoms with van der Waals surface area (Å²) in [6.45, 7) is 7.63. The second-order valence-electron chi connectivity index (χ2n) is 8.48. The molecule has 0 bridgehead atoms. The minimum absolute atomic E-state index is 0.00379. The van der Waals surface area contributed by atoms with E-state index in [-0.39, 0.29) is 36.3 Å². The molecular weight excluding hydrogens is 448 g/mol. The molecule has 0 fully saturated rings. The minimum atomic E-state index is -0.494. The van der Waals surface area contributed by atoms with E-state index in [1.54, 1.807) is 32.4 Å². The number of nitrogens with one attached hydrogen (secondary N) is 2. The Morgan fingerprint density at radius 3 is 2.43 bits per heavy atom. The number of carbonyl (C=O) groups excluding carboxylic acids is 1. The van der Waals surface area contributed by atoms with Gasteiger partial charge in [0.1, 0.15) is 5.82 Å². The maximum absolute atomic E-state index is 12.8. The van der Waals surface area contributed by atoms with Crippen LogP contribution in [0.3, 0.4) is 0 Å². The zero-order valence-electron chi connectivity index (χ0n) is 21.2. The van der Waals surface area contributed by atoms with Gasteiger partial charge < -0.3 is 19.6 Å². The Morgan fingerprint density at radius 2 is 1.83 bits per heavy atom. The Morgan fingerprint density at radius 1 is 1.14 bits per heavy atom. The first kappa shape index (κ1) is 27.9. The second-order valence-corrected chi connectivity index (χ2v) is 8.48. The van der Waals surface area contributed by atoms with Crippen molar-refractivity contribution in [2.45, 2.75) is 46.7 Å². The van der Waals surface area contributed by atoms with Crippen LogP contribution in [-0.2, 0) is 25.7 Å². The number of aromatic nitrogens is 1. The summed E-state index contributed by atoms with van der Waals surface area (Å²) in [5, 5.41) is 16.3. The molecule has 0 radical (unpaired) electrons. The number of carbonyl (C=O) groups is 1. The number of nitrogens with zero attached hydrogens (tertiary/aromatic N) is 3. The smallest absolute Gasteiger partial charge is 0.228 e. The van der Waals surface area contributed by atoms with E-state index >= 15 is 0 Å². The Kier molecular flexibility index (Phi) is 10.8. The van der Waals surface area contributed by atoms with Crippen LogP contribution in [0, 0.1) is 17.2 Å². The number of hydrazine groups is 1. The molecule has 10 nitrogen and oxygen atoms in total. The fraction of sp³-hybridized carbons (Fsp3) is 0.440. The molecule has 1 aromatic heterocycles. The van der Waals surface area contributed by atoms with Crippen LogP contribution < -0.4 is 11.2 Å². The lowest BCUT2D eigenvalue weighted by Crippen LogP contribution is -2.38. The quantitative estimate of drug-likeness (QED) is 0.138. The van der Waals surface area contributed by atoms with E-state index in [2.05, 4.69) is 15.5 Å². The number of benzene rings is 1. The van der Waals surface area contributed by atoms with E-state index in [0.717, 1.165) is 5.01 Å². The number of nitrogens with two attached hydrogens (primary N) is 1. The van der Waals surface area contributed by atoms with Crippen LogP contribution in [0.1, 0.15) is 39.0 Å². The van der Waals surface area contributed by atoms with Crippen LogP contribution in [0.25, 0.3) is 0 Å². The van der Waals surface area contributed by atoms with E-state index in [0.29, 0.717) is 22.8 Å². The zero-order chi connectivity index (χ0) is 26.0. The SMILES string of the molecule is COC(OC(C)C)C(C)C(C)C(=O)Nc1cccc(CO/N=C(\C(=N)N(C)N)c2ccccc2)n1. The standard InChI is InChI=1S/C25H36N6O4/c1-16(2)35-25(33-6)18(4)17(3)24(32)29-21-14-10-13-20(28-21)15-34-30-22(23(26)31(5)27)19-11-8-7-9-12-19/h7-14,16-18,25-26H,15,27H2,1-6H3,(H,28,29,32)/b26-23?,30-22-. The highest BCUT2D eigenvalue weighted by molar-refractivity contribution is 6.46. The molecule has 1 amide bonds. The maximum Gasteiger partial charge on any atom is 0.228 e. The summed E-state index contributed by atoms with van der Waals surface area (Å²) in [5.41, 5.74) is 1.55. The van der Waals surface area contributed by atoms with E-state index in [9.17, 15) is 4.79 Å². The Labute approximate surface area is 206 Å². The molecule has 0 aliphatic rings. The summed E-state index contributed by atoms with van der Waals surface area (Å²) in [6, 6.07) is 14.4. The molecule has 0 spiro atoms. The summed E-state index contributed by atoms with van der Waals surface area (Å²) in [4.78, 5) is 22.7. The largest absolute Gasteiger partial charge is 0.389 e. The highest BCUT2D eigenvalue weighted by Gasteiger charge is 2.29. The number of hydrogen-bond acceptors (Lipinski definition) is 8. The van der Waals surface area contributed by atoms with Crippen molar-refractivity contribution in [3.05, 3.63) is 59.8 Å². The number of pyridine rings is 1. The summed E-state index contributed by atoms with van der Waals surface area (Å²) in [5.74, 6) is 5.39. The van der Waals surface area contributed by atoms with Gasteiger partial charge in [-0.25, -0.2) is 10.8 Å². The molecule has 35 heavy (non-hydrogen) atoms. The number of ether oxygens (including phenoxy) is 2. The van der Waals surface area contributed by atoms with Crippen molar-refractivity contribution in [2.24, 2.45) is 22.8 Å². The van der Waals surface area contributed by atoms with Crippen LogP contribution >= 0.6 is 0 Å². The number of likely N-dealkylation sites (N-methyl/N-ethyl adjacent to an activating group) is 1. The van der Waals surface area contributed by atoms with Gasteiger partial charge in [0.15, 0.2) is 24.4 Å². The van der Waals surface area contributed by atoms with Crippen LogP contribution in [0.2, 0.25) is 0 Å². The van der Waals surface area contributed by atoms with Crippen LogP contribution in [0.4, 0.5) is 5.82 Å². The fourth-order valence-corrected chi connectivity index (χ4v) is 3.17. The molecule has 1 heterocycles. The first-order valence-corrected chi connectivity index (χ1v) is 11.4. The Balaban J connectivity index is 2.06. The Bertz CT molecular complexity index is 996. The van der Waals surface area contributed by atoms with E-state index in [1.807, 2.05) is 58.0 Å². The monoisotopic (exact) mass is 484 g/mol. The number of oxime groups is 1. The Hall–Kier alpha value is -3.34. The molecule has 0 saturated heterocycles. The van der Waals surface area contributed by atoms with Crippen LogP contribution in [-0.4, -0.2) is 54.0 Å². The molecule has 0 aliphatic carbocycles. The molecule has 0 saturated carbocycles. The van der Waals surface area contributed by atoms with Crippen LogP contribution in [0.15, 0.2) is 53.7 Å². The second kappa shape index (κ2) is 13.5. The maximum atomic E-state index is 12.8. The summed E-state index contributed by atoms with van der Waals surface area (Å²) in [6.07, 6.45) is -0.513. The zero-order valence-corrected chi connectivity index (χ0v) is 21.2. The van der Waals surface area contributed by atoms with Gasteiger partial charge in [-0.3, -0.25) is 15.2 Å². The normalized spacial score (nSPS) is 14.2. The topological polar surface area (TPSA) is 135 Å². The third-order valence-corrected chi connectivity index (χ3v) is 5.32. The van der Waals surface area contributed by atoms with Crippen molar-refractivity contribution in [3.8, 4) is 0 Å². The van der Waals surface area contributed by atoms with Crippen molar-refractivity contribution in [1.29, 1.82) is 5.41 Å². The van der Waals surface area contributed by atoms with Gasteiger partial charge in [0, 0.05) is 31.6 Å². The third kappa shape index (κ3) is 8.43. The molecule has 2 rings (SSSR count). The first-order valence-electron chi connectivity index (χ1n) is 11.4. The van der Waals surface area contributed by atoms with E-state index in [4.69, 9.17) is 25.6 Å². The van der Waals surface area contributed by atoms with E-state index in [1.165, 1.54) is 0 Å². The molecule has 4 N–H and O–H groups in total. The summed E-state index contributed by atoms with van der Waals surface area (Å²) >= 11 is 0. The molecule has 3 unspecified atom stereocenters. The highest BCUT2D eigenvalue weighted by atomic mass is 16.7. The number of amidine groups is 1. The molecule has 1 aromatic carbocycles. The van der Waals surface area contributed by atoms with Crippen LogP contribution in [0.5, 0.6) is 0 Å². The van der Waals surface area contributed by atoms with Gasteiger partial charge in [-0.1, -0.05) is 55.4 Å². The molecule has 190 valence electrons. The third-order valence-electron chi connectivity index (χ3n) is 5.32. The van der Waals surface area contributed by atoms with Gasteiger partial charge in [0.25, 0.3) is 0 Å². The van der Waals surface area contributed by atoms with Gasteiger partial charge in [-0.2, -0.15) is 0 Å². The minimum Gasteiger partial charge on any atom is -0.389 e. The predicted octanol–water partition coefficient (Wildman–Crippen LogP) is 3.39. The predicted molar refractivity (Wildman–Crippen MR) is 136 cm³/mol. The summed E-state index contributed by atoms with van der Waals surface area (Å²) in [7, 11) is 3.12. The number of rotatable bonds is 12. The van der Waals surface area contributed by atoms with Gasteiger partial charge in [0.2, 0.25) is 5.91 Å². The number of methoxy groups -OCH3 is 1. The van der Waals surface area contributed by atoms with E-state index < -0.39 is 6.29 Å². The van der Waals surface area contributed by atoms with Crippen molar-refractivity contribution >= 4 is 23.3 Å². The lowest BCUT2D eigenvalue weighted by atomic mass is 9.94. The number of hydrogen-bond donors (Lipinski definition) is 3. The average Bonchev–Trinajstić information content (AvgIpc) is 2.84. The highest BCUT2D eigenvalue weighted by Crippen LogP contribution is 2.21. The van der Waals surface area contributed by atoms with Crippen molar-refractivity contribution in [1.82, 2.24) is 9.99 Å². The lowest BCUT2D eigenvalue weighted by Gasteiger charge is -2.28. The lowest BCUT2D eigenvalue weighted by molar-refractivity contribution is -0.182. The molecule has 10 heteroatoms. The van der Waals surface area contributed by atoms with Crippen molar-refractivity contribution in [2.75, 3.05) is 19.5 Å². The fourth-order valence-electron chi connectivity index (χ4n) is 3.17. The number of amides is 1. The molecule has 2 aromatic rings. The van der Waals surface area contributed by atoms with Gasteiger partial charge in [-0.05, 0) is 26.0 Å². The van der Waals surface area contributed by atoms with Gasteiger partial charge >= 0.3 is 0 Å². The van der Waals surface area contributed by atoms with Gasteiger partial charge in [0.05, 0.1) is 11.8 Å². The average molecular weight is 485 g/mol. The summed E-state index contributed by atoms with van der Waals surface area (Å²) < 4.78 is 11.2. The van der Waals surface area contributed by atoms with Crippen molar-refractivity contribution < 1.29 is 19.1 Å². The first-order chi connectivity index (χ1) is 16.6. The van der Waals surface area contributed by atoms with Gasteiger partial charge in [-0.15, -0.1) is 0 Å². The molecule has 3 atom stereocenters. The molecular formula is C25H36N6O4. The number of anilines is 1.